The van der Waals surface area contributed by atoms with Gasteiger partial charge in [-0.15, -0.1) is 0 Å². The number of nitrogens with zero attached hydrogens (tertiary/aromatic N) is 7. The number of imidazole rings is 1. The smallest absolute Gasteiger partial charge is 0.213 e. The summed E-state index contributed by atoms with van der Waals surface area (Å²) in [5, 5.41) is 1.11. The fourth-order valence-corrected chi connectivity index (χ4v) is 6.87. The molecule has 0 amide bonds. The third-order valence-corrected chi connectivity index (χ3v) is 9.60. The third-order valence-electron chi connectivity index (χ3n) is 7.36. The molecule has 0 bridgehead atoms. The van der Waals surface area contributed by atoms with Gasteiger partial charge in [0.25, 0.3) is 0 Å². The predicted octanol–water partition coefficient (Wildman–Crippen LogP) is 4.65. The summed E-state index contributed by atoms with van der Waals surface area (Å²) in [4.78, 5) is 23.5. The summed E-state index contributed by atoms with van der Waals surface area (Å²) < 4.78 is 1.98. The molecule has 0 aliphatic carbocycles. The normalized spacial score (nSPS) is 19.3. The van der Waals surface area contributed by atoms with Crippen LogP contribution in [-0.4, -0.2) is 56.6 Å². The van der Waals surface area contributed by atoms with E-state index in [1.165, 1.54) is 11.8 Å². The number of rotatable bonds is 4. The van der Waals surface area contributed by atoms with Gasteiger partial charge in [-0.2, -0.15) is 4.98 Å². The number of nitrogen functional groups attached to an aromatic ring is 1. The minimum atomic E-state index is 0.0268. The zero-order valence-corrected chi connectivity index (χ0v) is 22.8. The van der Waals surface area contributed by atoms with E-state index in [1.54, 1.807) is 24.7 Å². The lowest BCUT2D eigenvalue weighted by Crippen LogP contribution is -2.49. The molecule has 0 unspecified atom stereocenters. The first-order chi connectivity index (χ1) is 17.8. The number of nitrogens with two attached hydrogens (primary N) is 2. The second kappa shape index (κ2) is 9.67. The Balaban J connectivity index is 1.24. The number of anilines is 3. The average Bonchev–Trinajstić information content (AvgIpc) is 3.49. The summed E-state index contributed by atoms with van der Waals surface area (Å²) in [6, 6.07) is 5.76. The highest BCUT2D eigenvalue weighted by molar-refractivity contribution is 7.99. The van der Waals surface area contributed by atoms with Gasteiger partial charge in [0.05, 0.1) is 9.92 Å². The first-order valence-corrected chi connectivity index (χ1v) is 13.8. The van der Waals surface area contributed by atoms with Gasteiger partial charge in [0, 0.05) is 73.0 Å². The molecule has 6 rings (SSSR count). The maximum Gasteiger partial charge on any atom is 0.213 e. The summed E-state index contributed by atoms with van der Waals surface area (Å²) in [5.74, 6) is 1.16. The van der Waals surface area contributed by atoms with Gasteiger partial charge in [0.15, 0.2) is 5.65 Å². The SMILES string of the molecule is Nc1nc(N2CCC3(CC2)CN(c2ccnc(Cl)c2)C[C@H]3N)n2ccnc2c1Sc1ccnc(Cl)c1Cl. The van der Waals surface area contributed by atoms with Gasteiger partial charge in [0.2, 0.25) is 5.95 Å². The van der Waals surface area contributed by atoms with Crippen molar-refractivity contribution in [3.05, 3.63) is 58.3 Å². The van der Waals surface area contributed by atoms with E-state index in [0.29, 0.717) is 16.0 Å². The Morgan fingerprint density at radius 2 is 1.78 bits per heavy atom. The molecule has 13 heteroatoms. The van der Waals surface area contributed by atoms with Crippen molar-refractivity contribution in [2.45, 2.75) is 28.7 Å². The van der Waals surface area contributed by atoms with Crippen LogP contribution in [0.25, 0.3) is 5.65 Å². The molecule has 6 heterocycles. The lowest BCUT2D eigenvalue weighted by molar-refractivity contribution is 0.220. The number of pyridine rings is 2. The highest BCUT2D eigenvalue weighted by atomic mass is 35.5. The Morgan fingerprint density at radius 1 is 1.00 bits per heavy atom. The zero-order chi connectivity index (χ0) is 25.7. The number of piperidine rings is 1. The molecule has 2 fully saturated rings. The van der Waals surface area contributed by atoms with Gasteiger partial charge >= 0.3 is 0 Å². The lowest BCUT2D eigenvalue weighted by atomic mass is 9.75. The van der Waals surface area contributed by atoms with Gasteiger partial charge in [-0.3, -0.25) is 4.40 Å². The molecule has 2 aliphatic rings. The van der Waals surface area contributed by atoms with E-state index in [-0.39, 0.29) is 16.6 Å². The number of aromatic nitrogens is 5. The molecule has 0 aromatic carbocycles. The van der Waals surface area contributed by atoms with Crippen molar-refractivity contribution in [1.82, 2.24) is 24.3 Å². The third kappa shape index (κ3) is 4.44. The Hall–Kier alpha value is -2.50. The maximum absolute atomic E-state index is 6.72. The van der Waals surface area contributed by atoms with Crippen LogP contribution in [0.1, 0.15) is 12.8 Å². The van der Waals surface area contributed by atoms with Crippen LogP contribution >= 0.6 is 46.6 Å². The Kier molecular flexibility index (Phi) is 6.48. The highest BCUT2D eigenvalue weighted by Gasteiger charge is 2.47. The van der Waals surface area contributed by atoms with Crippen molar-refractivity contribution in [2.75, 3.05) is 41.7 Å². The second-order valence-corrected chi connectivity index (χ2v) is 11.6. The van der Waals surface area contributed by atoms with E-state index in [2.05, 4.69) is 24.8 Å². The fraction of sp³-hybridized carbons (Fsp3) is 0.333. The lowest BCUT2D eigenvalue weighted by Gasteiger charge is -2.42. The Labute approximate surface area is 233 Å². The van der Waals surface area contributed by atoms with E-state index in [9.17, 15) is 0 Å². The quantitative estimate of drug-likeness (QED) is 0.335. The van der Waals surface area contributed by atoms with Gasteiger partial charge in [0.1, 0.15) is 16.1 Å². The van der Waals surface area contributed by atoms with Crippen molar-refractivity contribution in [2.24, 2.45) is 11.1 Å². The van der Waals surface area contributed by atoms with Crippen molar-refractivity contribution < 1.29 is 0 Å². The van der Waals surface area contributed by atoms with E-state index >= 15 is 0 Å². The van der Waals surface area contributed by atoms with Crippen LogP contribution in [0.5, 0.6) is 0 Å². The first-order valence-electron chi connectivity index (χ1n) is 11.8. The van der Waals surface area contributed by atoms with Crippen molar-refractivity contribution in [3.8, 4) is 0 Å². The number of hydrogen-bond donors (Lipinski definition) is 2. The van der Waals surface area contributed by atoms with Crippen LogP contribution in [0, 0.1) is 5.41 Å². The van der Waals surface area contributed by atoms with Crippen LogP contribution < -0.4 is 21.3 Å². The molecule has 4 aromatic heterocycles. The van der Waals surface area contributed by atoms with E-state index in [4.69, 9.17) is 51.3 Å². The minimum absolute atomic E-state index is 0.0268. The van der Waals surface area contributed by atoms with E-state index < -0.39 is 0 Å². The molecular formula is C24H24Cl3N9S. The van der Waals surface area contributed by atoms with E-state index in [1.807, 2.05) is 22.7 Å². The molecule has 4 aromatic rings. The molecule has 1 atom stereocenters. The predicted molar refractivity (Wildman–Crippen MR) is 149 cm³/mol. The summed E-state index contributed by atoms with van der Waals surface area (Å²) >= 11 is 20.0. The molecule has 2 aliphatic heterocycles. The van der Waals surface area contributed by atoms with Gasteiger partial charge in [-0.05, 0) is 31.0 Å². The molecule has 0 radical (unpaired) electrons. The zero-order valence-electron chi connectivity index (χ0n) is 19.7. The fourth-order valence-electron chi connectivity index (χ4n) is 5.33. The van der Waals surface area contributed by atoms with Crippen molar-refractivity contribution in [3.63, 3.8) is 0 Å². The van der Waals surface area contributed by atoms with Gasteiger partial charge in [-0.25, -0.2) is 15.0 Å². The van der Waals surface area contributed by atoms with Crippen molar-refractivity contribution >= 4 is 69.7 Å². The van der Waals surface area contributed by atoms with Gasteiger partial charge in [-0.1, -0.05) is 46.6 Å². The van der Waals surface area contributed by atoms with E-state index in [0.717, 1.165) is 66.1 Å². The van der Waals surface area contributed by atoms with Crippen LogP contribution in [0.3, 0.4) is 0 Å². The molecule has 0 saturated carbocycles. The minimum Gasteiger partial charge on any atom is -0.383 e. The molecule has 4 N–H and O–H groups in total. The van der Waals surface area contributed by atoms with Crippen LogP contribution in [0.2, 0.25) is 15.3 Å². The molecule has 192 valence electrons. The average molecular weight is 577 g/mol. The van der Waals surface area contributed by atoms with Crippen molar-refractivity contribution in [1.29, 1.82) is 0 Å². The summed E-state index contributed by atoms with van der Waals surface area (Å²) in [7, 11) is 0. The number of halogens is 3. The summed E-state index contributed by atoms with van der Waals surface area (Å²) in [6.07, 6.45) is 8.90. The molecule has 1 spiro atoms. The monoisotopic (exact) mass is 575 g/mol. The summed E-state index contributed by atoms with van der Waals surface area (Å²) in [5.41, 5.74) is 15.0. The Morgan fingerprint density at radius 3 is 2.57 bits per heavy atom. The molecule has 9 nitrogen and oxygen atoms in total. The topological polar surface area (TPSA) is 114 Å². The number of hydrogen-bond acceptors (Lipinski definition) is 9. The molecule has 37 heavy (non-hydrogen) atoms. The second-order valence-electron chi connectivity index (χ2n) is 9.44. The van der Waals surface area contributed by atoms with Gasteiger partial charge < -0.3 is 21.3 Å². The molecule has 2 saturated heterocycles. The maximum atomic E-state index is 6.72. The summed E-state index contributed by atoms with van der Waals surface area (Å²) in [6.45, 7) is 3.32. The van der Waals surface area contributed by atoms with Crippen LogP contribution in [-0.2, 0) is 0 Å². The number of fused-ring (bicyclic) bond motifs is 1. The Bertz CT molecular complexity index is 1470. The standard InChI is InChI=1S/C24H24Cl3N9S/c25-17-11-14(1-5-30-17)35-12-16(28)24(13-35)3-8-34(9-4-24)23-33-21(29)19(22-32-7-10-36(22)23)37-15-2-6-31-20(27)18(15)26/h1-2,5-7,10-11,16H,3-4,8-9,12-13,28-29H2/t16-/m1/s1. The first kappa shape index (κ1) is 24.8. The highest BCUT2D eigenvalue weighted by Crippen LogP contribution is 2.44. The van der Waals surface area contributed by atoms with Crippen LogP contribution in [0.15, 0.2) is 52.8 Å². The van der Waals surface area contributed by atoms with Crippen LogP contribution in [0.4, 0.5) is 17.5 Å². The molecular weight excluding hydrogens is 553 g/mol. The largest absolute Gasteiger partial charge is 0.383 e.